The van der Waals surface area contributed by atoms with E-state index in [2.05, 4.69) is 50.8 Å². The lowest BCUT2D eigenvalue weighted by Crippen LogP contribution is -1.89. The zero-order valence-corrected chi connectivity index (χ0v) is 18.4. The van der Waals surface area contributed by atoms with Gasteiger partial charge >= 0.3 is 0 Å². The van der Waals surface area contributed by atoms with Gasteiger partial charge in [-0.2, -0.15) is 5.10 Å². The molecule has 0 aliphatic carbocycles. The van der Waals surface area contributed by atoms with E-state index in [0.717, 1.165) is 55.6 Å². The van der Waals surface area contributed by atoms with E-state index in [-0.39, 0.29) is 5.82 Å². The van der Waals surface area contributed by atoms with Crippen LogP contribution in [0.3, 0.4) is 0 Å². The number of rotatable bonds is 5. The number of halogens is 1. The lowest BCUT2D eigenvalue weighted by Gasteiger charge is -2.07. The maximum atomic E-state index is 13.8. The molecule has 0 saturated heterocycles. The Balaban J connectivity index is 1.65. The molecule has 0 bridgehead atoms. The largest absolute Gasteiger partial charge is 0.353 e. The number of benzene rings is 1. The minimum Gasteiger partial charge on any atom is -0.353 e. The number of aromatic amines is 2. The molecular formula is C27H22FN5. The molecular weight excluding hydrogens is 413 g/mol. The lowest BCUT2D eigenvalue weighted by molar-refractivity contribution is 0.628. The monoisotopic (exact) mass is 435 g/mol. The van der Waals surface area contributed by atoms with Crippen molar-refractivity contribution in [2.24, 2.45) is 0 Å². The van der Waals surface area contributed by atoms with Crippen LogP contribution in [0.4, 0.5) is 4.39 Å². The summed E-state index contributed by atoms with van der Waals surface area (Å²) >= 11 is 0. The Bertz CT molecular complexity index is 1570. The normalized spacial score (nSPS) is 12.6. The highest BCUT2D eigenvalue weighted by atomic mass is 19.1. The van der Waals surface area contributed by atoms with E-state index in [1.165, 1.54) is 12.1 Å². The fraction of sp³-hybridized carbons (Fsp3) is 0.0741. The van der Waals surface area contributed by atoms with Gasteiger partial charge in [-0.05, 0) is 55.3 Å². The number of nitrogens with zero attached hydrogens (tertiary/aromatic N) is 3. The van der Waals surface area contributed by atoms with Crippen molar-refractivity contribution >= 4 is 27.5 Å². The minimum atomic E-state index is -0.291. The third-order valence-electron chi connectivity index (χ3n) is 5.72. The maximum absolute atomic E-state index is 13.8. The van der Waals surface area contributed by atoms with Gasteiger partial charge in [0.25, 0.3) is 0 Å². The van der Waals surface area contributed by atoms with Crippen LogP contribution in [0.2, 0.25) is 0 Å². The molecule has 0 spiro atoms. The molecule has 33 heavy (non-hydrogen) atoms. The average molecular weight is 436 g/mol. The fourth-order valence-electron chi connectivity index (χ4n) is 4.20. The second-order valence-corrected chi connectivity index (χ2v) is 7.80. The third-order valence-corrected chi connectivity index (χ3v) is 5.72. The van der Waals surface area contributed by atoms with Crippen LogP contribution in [0.1, 0.15) is 19.4 Å². The molecule has 4 heterocycles. The second kappa shape index (κ2) is 8.31. The van der Waals surface area contributed by atoms with Crippen molar-refractivity contribution in [3.8, 4) is 22.6 Å². The Labute approximate surface area is 190 Å². The first-order chi connectivity index (χ1) is 16.1. The quantitative estimate of drug-likeness (QED) is 0.297. The number of allylic oxidation sites excluding steroid dienone is 5. The SMILES string of the molecule is C=C/C=C(C)\C(=C/C)c1cnc2n[nH]c(-c3cc4c(-c5cccc(F)c5)nccc4[nH]3)c2c1. The molecule has 0 atom stereocenters. The molecule has 6 heteroatoms. The molecule has 162 valence electrons. The van der Waals surface area contributed by atoms with E-state index in [1.54, 1.807) is 18.3 Å². The molecule has 1 aromatic carbocycles. The van der Waals surface area contributed by atoms with Crippen LogP contribution in [0.15, 0.2) is 85.2 Å². The Morgan fingerprint density at radius 3 is 2.76 bits per heavy atom. The molecule has 0 aliphatic rings. The summed E-state index contributed by atoms with van der Waals surface area (Å²) in [6.45, 7) is 7.86. The van der Waals surface area contributed by atoms with Gasteiger partial charge < -0.3 is 4.98 Å². The molecule has 2 N–H and O–H groups in total. The molecule has 0 radical (unpaired) electrons. The third kappa shape index (κ3) is 3.65. The Hall–Kier alpha value is -4.32. The van der Waals surface area contributed by atoms with Crippen molar-refractivity contribution in [3.63, 3.8) is 0 Å². The van der Waals surface area contributed by atoms with Crippen molar-refractivity contribution in [1.29, 1.82) is 0 Å². The zero-order chi connectivity index (χ0) is 22.9. The van der Waals surface area contributed by atoms with E-state index < -0.39 is 0 Å². The van der Waals surface area contributed by atoms with Gasteiger partial charge in [-0.3, -0.25) is 10.1 Å². The van der Waals surface area contributed by atoms with Crippen LogP contribution in [0.5, 0.6) is 0 Å². The molecule has 5 aromatic rings. The zero-order valence-electron chi connectivity index (χ0n) is 18.4. The van der Waals surface area contributed by atoms with Crippen molar-refractivity contribution in [3.05, 3.63) is 96.6 Å². The van der Waals surface area contributed by atoms with Crippen LogP contribution in [0, 0.1) is 5.82 Å². The number of aromatic nitrogens is 5. The first kappa shape index (κ1) is 20.6. The van der Waals surface area contributed by atoms with Crippen LogP contribution in [-0.4, -0.2) is 25.1 Å². The smallest absolute Gasteiger partial charge is 0.181 e. The molecule has 0 fully saturated rings. The summed E-state index contributed by atoms with van der Waals surface area (Å²) in [5.41, 5.74) is 7.88. The van der Waals surface area contributed by atoms with Crippen LogP contribution in [0.25, 0.3) is 50.2 Å². The molecule has 0 unspecified atom stereocenters. The molecule has 5 nitrogen and oxygen atoms in total. The molecule has 0 amide bonds. The van der Waals surface area contributed by atoms with Crippen LogP contribution >= 0.6 is 0 Å². The standard InChI is InChI=1S/C27H22FN5/c1-4-7-16(3)20(5-2)18-13-22-26(32-33-27(22)30-15-18)24-14-21-23(31-24)10-11-29-25(21)17-8-6-9-19(28)12-17/h4-15,31H,1H2,2-3H3,(H,30,32,33)/b16-7-,20-5+. The fourth-order valence-corrected chi connectivity index (χ4v) is 4.20. The van der Waals surface area contributed by atoms with Gasteiger partial charge in [0.15, 0.2) is 5.65 Å². The first-order valence-electron chi connectivity index (χ1n) is 10.6. The molecule has 5 rings (SSSR count). The number of hydrogen-bond donors (Lipinski definition) is 2. The highest BCUT2D eigenvalue weighted by molar-refractivity contribution is 6.00. The highest BCUT2D eigenvalue weighted by Crippen LogP contribution is 2.34. The molecule has 4 aromatic heterocycles. The number of pyridine rings is 2. The van der Waals surface area contributed by atoms with Crippen LogP contribution < -0.4 is 0 Å². The van der Waals surface area contributed by atoms with E-state index in [4.69, 9.17) is 0 Å². The van der Waals surface area contributed by atoms with E-state index in [0.29, 0.717) is 5.65 Å². The molecule has 0 saturated carbocycles. The van der Waals surface area contributed by atoms with E-state index in [9.17, 15) is 4.39 Å². The topological polar surface area (TPSA) is 70.2 Å². The maximum Gasteiger partial charge on any atom is 0.181 e. The number of hydrogen-bond acceptors (Lipinski definition) is 3. The van der Waals surface area contributed by atoms with E-state index in [1.807, 2.05) is 37.4 Å². The van der Waals surface area contributed by atoms with Crippen molar-refractivity contribution in [2.75, 3.05) is 0 Å². The number of nitrogens with one attached hydrogen (secondary N) is 2. The Morgan fingerprint density at radius 2 is 1.97 bits per heavy atom. The number of fused-ring (bicyclic) bond motifs is 2. The van der Waals surface area contributed by atoms with Gasteiger partial charge in [0.05, 0.1) is 17.1 Å². The summed E-state index contributed by atoms with van der Waals surface area (Å²) < 4.78 is 13.8. The number of H-pyrrole nitrogens is 2. The Kier molecular flexibility index (Phi) is 5.18. The van der Waals surface area contributed by atoms with Crippen LogP contribution in [-0.2, 0) is 0 Å². The lowest BCUT2D eigenvalue weighted by atomic mass is 9.99. The van der Waals surface area contributed by atoms with Gasteiger partial charge in [-0.15, -0.1) is 0 Å². The summed E-state index contributed by atoms with van der Waals surface area (Å²) in [7, 11) is 0. The second-order valence-electron chi connectivity index (χ2n) is 7.80. The van der Waals surface area contributed by atoms with Gasteiger partial charge in [0, 0.05) is 39.8 Å². The summed E-state index contributed by atoms with van der Waals surface area (Å²) in [5, 5.41) is 9.33. The molecule has 0 aliphatic heterocycles. The first-order valence-corrected chi connectivity index (χ1v) is 10.6. The van der Waals surface area contributed by atoms with E-state index >= 15 is 0 Å². The van der Waals surface area contributed by atoms with Gasteiger partial charge in [-0.25, -0.2) is 9.37 Å². The summed E-state index contributed by atoms with van der Waals surface area (Å²) in [6, 6.07) is 12.5. The van der Waals surface area contributed by atoms with Gasteiger partial charge in [-0.1, -0.05) is 36.9 Å². The predicted molar refractivity (Wildman–Crippen MR) is 132 cm³/mol. The van der Waals surface area contributed by atoms with Crippen molar-refractivity contribution in [2.45, 2.75) is 13.8 Å². The summed E-state index contributed by atoms with van der Waals surface area (Å²) in [6.07, 6.45) is 9.38. The van der Waals surface area contributed by atoms with Crippen molar-refractivity contribution in [1.82, 2.24) is 25.1 Å². The van der Waals surface area contributed by atoms with Gasteiger partial charge in [0.2, 0.25) is 0 Å². The highest BCUT2D eigenvalue weighted by Gasteiger charge is 2.16. The summed E-state index contributed by atoms with van der Waals surface area (Å²) in [5.74, 6) is -0.291. The average Bonchev–Trinajstić information content (AvgIpc) is 3.43. The summed E-state index contributed by atoms with van der Waals surface area (Å²) in [4.78, 5) is 12.5. The van der Waals surface area contributed by atoms with Gasteiger partial charge in [0.1, 0.15) is 5.82 Å². The Morgan fingerprint density at radius 1 is 1.09 bits per heavy atom. The predicted octanol–water partition coefficient (Wildman–Crippen LogP) is 6.84. The van der Waals surface area contributed by atoms with Crippen molar-refractivity contribution < 1.29 is 4.39 Å². The minimum absolute atomic E-state index is 0.291.